The lowest BCUT2D eigenvalue weighted by atomic mass is 10.4. The van der Waals surface area contributed by atoms with E-state index in [2.05, 4.69) is 48.5 Å². The predicted molar refractivity (Wildman–Crippen MR) is 101 cm³/mol. The van der Waals surface area contributed by atoms with E-state index in [1.54, 1.807) is 7.11 Å². The molecule has 0 heterocycles. The minimum absolute atomic E-state index is 0.0544. The van der Waals surface area contributed by atoms with Crippen LogP contribution < -0.4 is 0 Å². The predicted octanol–water partition coefficient (Wildman–Crippen LogP) is 5.91. The molecule has 0 rings (SSSR count). The Morgan fingerprint density at radius 1 is 0.818 bits per heavy atom. The van der Waals surface area contributed by atoms with Crippen LogP contribution in [-0.4, -0.2) is 29.8 Å². The molecule has 0 radical (unpaired) electrons. The minimum Gasteiger partial charge on any atom is -0.519 e. The van der Waals surface area contributed by atoms with Crippen molar-refractivity contribution in [3.05, 3.63) is 12.0 Å². The van der Waals surface area contributed by atoms with Crippen LogP contribution in [0.25, 0.3) is 0 Å². The smallest absolute Gasteiger partial charge is 0.263 e. The van der Waals surface area contributed by atoms with Crippen molar-refractivity contribution in [3.8, 4) is 0 Å². The second kappa shape index (κ2) is 10.5. The van der Waals surface area contributed by atoms with Crippen molar-refractivity contribution in [3.63, 3.8) is 0 Å². The first-order chi connectivity index (χ1) is 10.4. The molecule has 0 unspecified atom stereocenters. The highest BCUT2D eigenvalue weighted by Gasteiger charge is 2.33. The summed E-state index contributed by atoms with van der Waals surface area (Å²) in [5.74, 6) is 0.663. The third-order valence-electron chi connectivity index (χ3n) is 5.19. The third-order valence-corrected chi connectivity index (χ3v) is 14.4. The van der Waals surface area contributed by atoms with Gasteiger partial charge in [0.2, 0.25) is 0 Å². The van der Waals surface area contributed by atoms with Gasteiger partial charge < -0.3 is 13.6 Å². The van der Waals surface area contributed by atoms with Gasteiger partial charge in [0.1, 0.15) is 0 Å². The van der Waals surface area contributed by atoms with E-state index in [4.69, 9.17) is 13.6 Å². The molecule has 0 aromatic heterocycles. The molecule has 0 spiro atoms. The molecular formula is C17H38O3Si2. The van der Waals surface area contributed by atoms with E-state index >= 15 is 0 Å². The summed E-state index contributed by atoms with van der Waals surface area (Å²) in [6, 6.07) is 6.85. The van der Waals surface area contributed by atoms with Crippen LogP contribution >= 0.6 is 0 Å². The lowest BCUT2D eigenvalue weighted by Crippen LogP contribution is -2.39. The quantitative estimate of drug-likeness (QED) is 0.325. The van der Waals surface area contributed by atoms with Gasteiger partial charge in [-0.25, -0.2) is 0 Å². The summed E-state index contributed by atoms with van der Waals surface area (Å²) < 4.78 is 18.3. The minimum atomic E-state index is -1.69. The average Bonchev–Trinajstić information content (AvgIpc) is 2.56. The van der Waals surface area contributed by atoms with Crippen molar-refractivity contribution in [2.45, 2.75) is 90.8 Å². The van der Waals surface area contributed by atoms with Gasteiger partial charge in [0.05, 0.1) is 13.2 Å². The molecule has 0 aromatic carbocycles. The zero-order valence-electron chi connectivity index (χ0n) is 16.1. The van der Waals surface area contributed by atoms with Crippen LogP contribution in [0.4, 0.5) is 0 Å². The maximum atomic E-state index is 6.45. The van der Waals surface area contributed by atoms with Crippen molar-refractivity contribution in [2.75, 3.05) is 7.11 Å². The molecule has 0 saturated heterocycles. The van der Waals surface area contributed by atoms with E-state index in [0.29, 0.717) is 5.95 Å². The fourth-order valence-electron chi connectivity index (χ4n) is 2.94. The van der Waals surface area contributed by atoms with Crippen LogP contribution in [0.3, 0.4) is 0 Å². The topological polar surface area (TPSA) is 27.7 Å². The van der Waals surface area contributed by atoms with Gasteiger partial charge in [0.25, 0.3) is 14.3 Å². The number of rotatable bonds is 12. The second-order valence-corrected chi connectivity index (χ2v) is 15.5. The Balaban J connectivity index is 5.03. The van der Waals surface area contributed by atoms with E-state index in [9.17, 15) is 0 Å². The summed E-state index contributed by atoms with van der Waals surface area (Å²) in [5.41, 5.74) is 0. The fourth-order valence-corrected chi connectivity index (χ4v) is 8.31. The van der Waals surface area contributed by atoms with Gasteiger partial charge in [-0.3, -0.25) is 0 Å². The van der Waals surface area contributed by atoms with E-state index in [1.165, 1.54) is 18.1 Å². The molecule has 1 atom stereocenters. The number of hydrogen-bond donors (Lipinski definition) is 0. The van der Waals surface area contributed by atoms with E-state index in [-0.39, 0.29) is 6.10 Å². The monoisotopic (exact) mass is 346 g/mol. The van der Waals surface area contributed by atoms with Crippen molar-refractivity contribution in [2.24, 2.45) is 0 Å². The molecule has 3 nitrogen and oxygen atoms in total. The van der Waals surface area contributed by atoms with Gasteiger partial charge in [-0.1, -0.05) is 41.5 Å². The number of methoxy groups -OCH3 is 1. The van der Waals surface area contributed by atoms with Gasteiger partial charge in [-0.05, 0) is 43.2 Å². The van der Waals surface area contributed by atoms with E-state index in [1.807, 2.05) is 6.08 Å². The number of hydrogen-bond acceptors (Lipinski definition) is 3. The van der Waals surface area contributed by atoms with Crippen LogP contribution in [-0.2, 0) is 13.6 Å². The summed E-state index contributed by atoms with van der Waals surface area (Å²) in [6.45, 7) is 15.6. The standard InChI is InChI=1S/C17H38O3Si2/c1-9-21(10-2,11-3)19-16(7)15-17(18-8)20-22(12-4,13-5)14-6/h15-16H,9-14H2,1-8H3/t16-/m0/s1. The molecule has 0 saturated carbocycles. The summed E-state index contributed by atoms with van der Waals surface area (Å²) >= 11 is 0. The van der Waals surface area contributed by atoms with Crippen molar-refractivity contribution in [1.82, 2.24) is 0 Å². The molecule has 132 valence electrons. The molecule has 0 aliphatic rings. The lowest BCUT2D eigenvalue weighted by molar-refractivity contribution is 0.133. The fraction of sp³-hybridized carbons (Fsp3) is 0.882. The summed E-state index contributed by atoms with van der Waals surface area (Å²) in [7, 11) is -1.58. The number of ether oxygens (including phenoxy) is 1. The Labute approximate surface area is 140 Å². The Kier molecular flexibility index (Phi) is 10.4. The molecule has 0 aliphatic heterocycles. The van der Waals surface area contributed by atoms with Crippen LogP contribution in [0.1, 0.15) is 48.5 Å². The van der Waals surface area contributed by atoms with Crippen LogP contribution in [0.2, 0.25) is 36.3 Å². The van der Waals surface area contributed by atoms with Gasteiger partial charge in [0.15, 0.2) is 8.32 Å². The first-order valence-electron chi connectivity index (χ1n) is 9.02. The molecule has 0 N–H and O–H groups in total. The molecule has 0 amide bonds. The van der Waals surface area contributed by atoms with Gasteiger partial charge in [-0.15, -0.1) is 0 Å². The SMILES string of the molecule is CC[Si](CC)(CC)OC(=C[C@H](C)O[Si](CC)(CC)CC)OC. The van der Waals surface area contributed by atoms with Gasteiger partial charge in [0, 0.05) is 6.08 Å². The second-order valence-electron chi connectivity index (χ2n) is 6.10. The van der Waals surface area contributed by atoms with Crippen LogP contribution in [0, 0.1) is 0 Å². The highest BCUT2D eigenvalue weighted by atomic mass is 28.4. The Hall–Kier alpha value is -0.266. The third kappa shape index (κ3) is 6.09. The molecular weight excluding hydrogens is 308 g/mol. The zero-order valence-corrected chi connectivity index (χ0v) is 18.1. The van der Waals surface area contributed by atoms with E-state index in [0.717, 1.165) is 18.1 Å². The molecule has 0 fully saturated rings. The van der Waals surface area contributed by atoms with Crippen molar-refractivity contribution in [1.29, 1.82) is 0 Å². The summed E-state index contributed by atoms with van der Waals surface area (Å²) in [5, 5.41) is 0. The van der Waals surface area contributed by atoms with Crippen molar-refractivity contribution < 1.29 is 13.6 Å². The Morgan fingerprint density at radius 2 is 1.23 bits per heavy atom. The van der Waals surface area contributed by atoms with E-state index < -0.39 is 16.6 Å². The first-order valence-corrected chi connectivity index (χ1v) is 14.1. The van der Waals surface area contributed by atoms with Gasteiger partial charge in [-0.2, -0.15) is 0 Å². The molecule has 0 aliphatic carbocycles. The Morgan fingerprint density at radius 3 is 1.55 bits per heavy atom. The average molecular weight is 347 g/mol. The summed E-state index contributed by atoms with van der Waals surface area (Å²) in [4.78, 5) is 0. The lowest BCUT2D eigenvalue weighted by Gasteiger charge is -2.32. The maximum absolute atomic E-state index is 6.45. The van der Waals surface area contributed by atoms with Crippen LogP contribution in [0.5, 0.6) is 0 Å². The Bertz CT molecular complexity index is 307. The van der Waals surface area contributed by atoms with Gasteiger partial charge >= 0.3 is 0 Å². The van der Waals surface area contributed by atoms with Crippen LogP contribution in [0.15, 0.2) is 12.0 Å². The zero-order chi connectivity index (χ0) is 17.2. The first kappa shape index (κ1) is 21.7. The molecule has 5 heteroatoms. The molecule has 0 bridgehead atoms. The highest BCUT2D eigenvalue weighted by molar-refractivity contribution is 6.74. The maximum Gasteiger partial charge on any atom is 0.263 e. The highest BCUT2D eigenvalue weighted by Crippen LogP contribution is 2.27. The molecule has 22 heavy (non-hydrogen) atoms. The summed E-state index contributed by atoms with van der Waals surface area (Å²) in [6.07, 6.45) is 2.09. The largest absolute Gasteiger partial charge is 0.519 e. The van der Waals surface area contributed by atoms with Crippen molar-refractivity contribution >= 4 is 16.6 Å². The molecule has 0 aromatic rings. The normalized spacial score (nSPS) is 14.8.